The van der Waals surface area contributed by atoms with E-state index >= 15 is 0 Å². The fourth-order valence-electron chi connectivity index (χ4n) is 2.15. The van der Waals surface area contributed by atoms with Crippen LogP contribution in [0.2, 0.25) is 0 Å². The molecule has 16 heavy (non-hydrogen) atoms. The molecule has 2 rings (SSSR count). The van der Waals surface area contributed by atoms with E-state index < -0.39 is 0 Å². The average molecular weight is 220 g/mol. The van der Waals surface area contributed by atoms with Crippen molar-refractivity contribution >= 4 is 11.4 Å². The standard InChI is InChI=1S/C13H22N3/c1-11-10-15(8-9-16(11,2)3)13-6-4-12(14)5-7-13/h4-7,11H,8-10,14H2,1-3H3/q+1. The van der Waals surface area contributed by atoms with E-state index in [9.17, 15) is 0 Å². The summed E-state index contributed by atoms with van der Waals surface area (Å²) < 4.78 is 1.12. The van der Waals surface area contributed by atoms with Crippen LogP contribution in [-0.4, -0.2) is 44.3 Å². The van der Waals surface area contributed by atoms with E-state index in [0.717, 1.165) is 23.3 Å². The Kier molecular flexibility index (Phi) is 2.80. The maximum absolute atomic E-state index is 5.70. The molecular formula is C13H22N3+. The van der Waals surface area contributed by atoms with Gasteiger partial charge in [-0.25, -0.2) is 0 Å². The van der Waals surface area contributed by atoms with Gasteiger partial charge in [0, 0.05) is 11.4 Å². The van der Waals surface area contributed by atoms with E-state index in [0.29, 0.717) is 6.04 Å². The maximum atomic E-state index is 5.70. The first-order valence-electron chi connectivity index (χ1n) is 5.92. The molecule has 2 N–H and O–H groups in total. The lowest BCUT2D eigenvalue weighted by Gasteiger charge is -2.45. The Morgan fingerprint density at radius 1 is 1.25 bits per heavy atom. The minimum atomic E-state index is 0.673. The zero-order chi connectivity index (χ0) is 11.8. The summed E-state index contributed by atoms with van der Waals surface area (Å²) in [7, 11) is 4.62. The van der Waals surface area contributed by atoms with E-state index in [2.05, 4.69) is 38.1 Å². The quantitative estimate of drug-likeness (QED) is 0.575. The Balaban J connectivity index is 2.10. The van der Waals surface area contributed by atoms with Gasteiger partial charge in [0.15, 0.2) is 0 Å². The van der Waals surface area contributed by atoms with Gasteiger partial charge in [-0.05, 0) is 31.2 Å². The molecule has 0 radical (unpaired) electrons. The molecule has 1 saturated heterocycles. The van der Waals surface area contributed by atoms with E-state index in [1.807, 2.05) is 12.1 Å². The molecule has 1 fully saturated rings. The molecular weight excluding hydrogens is 198 g/mol. The van der Waals surface area contributed by atoms with Gasteiger partial charge in [-0.2, -0.15) is 0 Å². The molecule has 0 aromatic heterocycles. The Morgan fingerprint density at radius 2 is 1.88 bits per heavy atom. The number of rotatable bonds is 1. The molecule has 3 heteroatoms. The predicted octanol–water partition coefficient (Wildman–Crippen LogP) is 1.55. The lowest BCUT2D eigenvalue weighted by Crippen LogP contribution is -2.60. The van der Waals surface area contributed by atoms with Crippen LogP contribution in [0, 0.1) is 0 Å². The van der Waals surface area contributed by atoms with Crippen LogP contribution in [0.1, 0.15) is 6.92 Å². The number of nitrogens with two attached hydrogens (primary N) is 1. The molecule has 88 valence electrons. The summed E-state index contributed by atoms with van der Waals surface area (Å²) in [5.74, 6) is 0. The van der Waals surface area contributed by atoms with Gasteiger partial charge in [0.05, 0.1) is 33.7 Å². The SMILES string of the molecule is CC1CN(c2ccc(N)cc2)CC[N+]1(C)C. The van der Waals surface area contributed by atoms with E-state index in [-0.39, 0.29) is 0 Å². The highest BCUT2D eigenvalue weighted by atomic mass is 15.4. The fraction of sp³-hybridized carbons (Fsp3) is 0.538. The van der Waals surface area contributed by atoms with E-state index in [4.69, 9.17) is 5.73 Å². The van der Waals surface area contributed by atoms with E-state index in [1.54, 1.807) is 0 Å². The summed E-state index contributed by atoms with van der Waals surface area (Å²) in [5, 5.41) is 0. The summed E-state index contributed by atoms with van der Waals surface area (Å²) in [6, 6.07) is 8.87. The van der Waals surface area contributed by atoms with Gasteiger partial charge in [-0.3, -0.25) is 0 Å². The van der Waals surface area contributed by atoms with Crippen molar-refractivity contribution in [1.82, 2.24) is 0 Å². The largest absolute Gasteiger partial charge is 0.399 e. The summed E-state index contributed by atoms with van der Waals surface area (Å²) in [6.07, 6.45) is 0. The monoisotopic (exact) mass is 220 g/mol. The summed E-state index contributed by atoms with van der Waals surface area (Å²) in [4.78, 5) is 2.45. The minimum absolute atomic E-state index is 0.673. The van der Waals surface area contributed by atoms with Crippen molar-refractivity contribution in [3.8, 4) is 0 Å². The molecule has 0 bridgehead atoms. The van der Waals surface area contributed by atoms with Gasteiger partial charge in [-0.1, -0.05) is 0 Å². The molecule has 1 aromatic rings. The van der Waals surface area contributed by atoms with E-state index in [1.165, 1.54) is 12.2 Å². The highest BCUT2D eigenvalue weighted by Crippen LogP contribution is 2.22. The molecule has 1 atom stereocenters. The van der Waals surface area contributed by atoms with Crippen LogP contribution in [0.4, 0.5) is 11.4 Å². The zero-order valence-electron chi connectivity index (χ0n) is 10.5. The normalized spacial score (nSPS) is 24.4. The number of anilines is 2. The number of benzene rings is 1. The van der Waals surface area contributed by atoms with Gasteiger partial charge in [0.25, 0.3) is 0 Å². The van der Waals surface area contributed by atoms with Crippen molar-refractivity contribution in [1.29, 1.82) is 0 Å². The predicted molar refractivity (Wildman–Crippen MR) is 69.5 cm³/mol. The second-order valence-electron chi connectivity index (χ2n) is 5.39. The fourth-order valence-corrected chi connectivity index (χ4v) is 2.15. The maximum Gasteiger partial charge on any atom is 0.104 e. The number of hydrogen-bond acceptors (Lipinski definition) is 2. The number of likely N-dealkylation sites (N-methyl/N-ethyl adjacent to an activating group) is 1. The highest BCUT2D eigenvalue weighted by molar-refractivity contribution is 5.53. The number of quaternary nitrogens is 1. The van der Waals surface area contributed by atoms with Crippen molar-refractivity contribution in [3.63, 3.8) is 0 Å². The number of piperazine rings is 1. The topological polar surface area (TPSA) is 29.3 Å². The molecule has 0 saturated carbocycles. The van der Waals surface area contributed by atoms with Gasteiger partial charge in [0.2, 0.25) is 0 Å². The smallest absolute Gasteiger partial charge is 0.104 e. The second kappa shape index (κ2) is 3.98. The summed E-state index contributed by atoms with van der Waals surface area (Å²) in [5.41, 5.74) is 7.84. The molecule has 0 amide bonds. The molecule has 0 aliphatic carbocycles. The minimum Gasteiger partial charge on any atom is -0.399 e. The Bertz CT molecular complexity index is 356. The van der Waals surface area contributed by atoms with Crippen LogP contribution in [-0.2, 0) is 0 Å². The highest BCUT2D eigenvalue weighted by Gasteiger charge is 2.31. The second-order valence-corrected chi connectivity index (χ2v) is 5.39. The molecule has 0 spiro atoms. The first-order chi connectivity index (χ1) is 7.49. The first kappa shape index (κ1) is 11.3. The summed E-state index contributed by atoms with van der Waals surface area (Å²) >= 11 is 0. The first-order valence-corrected chi connectivity index (χ1v) is 5.92. The van der Waals surface area contributed by atoms with Gasteiger partial charge < -0.3 is 15.1 Å². The third kappa shape index (κ3) is 2.14. The van der Waals surface area contributed by atoms with Crippen LogP contribution >= 0.6 is 0 Å². The molecule has 1 heterocycles. The van der Waals surface area contributed by atoms with Crippen LogP contribution in [0.25, 0.3) is 0 Å². The van der Waals surface area contributed by atoms with Crippen molar-refractivity contribution in [2.75, 3.05) is 44.4 Å². The lowest BCUT2D eigenvalue weighted by molar-refractivity contribution is -0.913. The third-order valence-corrected chi connectivity index (χ3v) is 3.88. The molecule has 1 unspecified atom stereocenters. The van der Waals surface area contributed by atoms with Crippen molar-refractivity contribution in [2.45, 2.75) is 13.0 Å². The van der Waals surface area contributed by atoms with Gasteiger partial charge >= 0.3 is 0 Å². The van der Waals surface area contributed by atoms with Crippen molar-refractivity contribution in [3.05, 3.63) is 24.3 Å². The number of hydrogen-bond donors (Lipinski definition) is 1. The van der Waals surface area contributed by atoms with Crippen LogP contribution < -0.4 is 10.6 Å². The molecule has 1 aromatic carbocycles. The molecule has 3 nitrogen and oxygen atoms in total. The van der Waals surface area contributed by atoms with Gasteiger partial charge in [0.1, 0.15) is 6.04 Å². The van der Waals surface area contributed by atoms with Crippen molar-refractivity contribution in [2.24, 2.45) is 0 Å². The zero-order valence-corrected chi connectivity index (χ0v) is 10.5. The lowest BCUT2D eigenvalue weighted by atomic mass is 10.1. The van der Waals surface area contributed by atoms with Crippen molar-refractivity contribution < 1.29 is 4.48 Å². The Morgan fingerprint density at radius 3 is 2.44 bits per heavy atom. The van der Waals surface area contributed by atoms with Crippen LogP contribution in [0.15, 0.2) is 24.3 Å². The van der Waals surface area contributed by atoms with Crippen LogP contribution in [0.5, 0.6) is 0 Å². The number of nitrogen functional groups attached to an aromatic ring is 1. The molecule has 1 aliphatic heterocycles. The third-order valence-electron chi connectivity index (χ3n) is 3.88. The number of nitrogens with zero attached hydrogens (tertiary/aromatic N) is 2. The Hall–Kier alpha value is -1.22. The average Bonchev–Trinajstić information content (AvgIpc) is 2.24. The van der Waals surface area contributed by atoms with Crippen LogP contribution in [0.3, 0.4) is 0 Å². The Labute approximate surface area is 98.0 Å². The van der Waals surface area contributed by atoms with Gasteiger partial charge in [-0.15, -0.1) is 0 Å². The summed E-state index contributed by atoms with van der Waals surface area (Å²) in [6.45, 7) is 5.77. The molecule has 1 aliphatic rings.